The van der Waals surface area contributed by atoms with Crippen LogP contribution in [0.4, 0.5) is 0 Å². The summed E-state index contributed by atoms with van der Waals surface area (Å²) in [5.74, 6) is 0.385. The van der Waals surface area contributed by atoms with E-state index in [0.29, 0.717) is 5.84 Å². The fraction of sp³-hybridized carbons (Fsp3) is 0.333. The summed E-state index contributed by atoms with van der Waals surface area (Å²) in [4.78, 5) is 15.1. The average molecular weight is 198 g/mol. The van der Waals surface area contributed by atoms with E-state index >= 15 is 0 Å². The van der Waals surface area contributed by atoms with E-state index < -0.39 is 15.9 Å². The van der Waals surface area contributed by atoms with Gasteiger partial charge in [0.2, 0.25) is 0 Å². The minimum absolute atomic E-state index is 0.00926. The van der Waals surface area contributed by atoms with Gasteiger partial charge in [0.15, 0.2) is 26.8 Å². The summed E-state index contributed by atoms with van der Waals surface area (Å²) in [6.45, 7) is 0. The summed E-state index contributed by atoms with van der Waals surface area (Å²) in [6.07, 6.45) is 3.57. The van der Waals surface area contributed by atoms with Crippen molar-refractivity contribution in [3.05, 3.63) is 0 Å². The molecule has 0 radical (unpaired) electrons. The van der Waals surface area contributed by atoms with E-state index in [9.17, 15) is 8.42 Å². The second kappa shape index (κ2) is 2.56. The first-order valence-corrected chi connectivity index (χ1v) is 5.38. The van der Waals surface area contributed by atoms with Crippen molar-refractivity contribution in [2.45, 2.75) is 6.04 Å². The van der Waals surface area contributed by atoms with E-state index in [-0.39, 0.29) is 5.04 Å². The monoisotopic (exact) mass is 198 g/mol. The Morgan fingerprint density at radius 1 is 1.31 bits per heavy atom. The third-order valence-electron chi connectivity index (χ3n) is 1.64. The summed E-state index contributed by atoms with van der Waals surface area (Å²) < 4.78 is 22.4. The van der Waals surface area contributed by atoms with Gasteiger partial charge in [0.25, 0.3) is 0 Å². The summed E-state index contributed by atoms with van der Waals surface area (Å²) >= 11 is 0. The normalized spacial score (nSPS) is 25.5. The van der Waals surface area contributed by atoms with E-state index in [0.717, 1.165) is 6.26 Å². The van der Waals surface area contributed by atoms with Gasteiger partial charge in [-0.1, -0.05) is 0 Å². The molecule has 1 unspecified atom stereocenters. The van der Waals surface area contributed by atoms with Gasteiger partial charge < -0.3 is 0 Å². The van der Waals surface area contributed by atoms with Gasteiger partial charge in [-0.15, -0.1) is 0 Å². The van der Waals surface area contributed by atoms with Crippen LogP contribution in [0, 0.1) is 0 Å². The molecular weight excluding hydrogens is 192 g/mol. The number of hydrogen-bond donors (Lipinski definition) is 0. The molecule has 0 aromatic carbocycles. The van der Waals surface area contributed by atoms with E-state index in [1.165, 1.54) is 12.7 Å². The molecular formula is C6H6N4O2S. The second-order valence-corrected chi connectivity index (χ2v) is 4.60. The summed E-state index contributed by atoms with van der Waals surface area (Å²) in [7, 11) is -3.32. The van der Waals surface area contributed by atoms with Crippen LogP contribution in [0.15, 0.2) is 20.0 Å². The van der Waals surface area contributed by atoms with Crippen molar-refractivity contribution >= 4 is 33.4 Å². The van der Waals surface area contributed by atoms with Crippen LogP contribution in [0.2, 0.25) is 0 Å². The Bertz CT molecular complexity index is 457. The maximum Gasteiger partial charge on any atom is 0.191 e. The molecule has 0 aromatic rings. The molecule has 2 rings (SSSR count). The van der Waals surface area contributed by atoms with Crippen molar-refractivity contribution in [1.82, 2.24) is 0 Å². The van der Waals surface area contributed by atoms with Gasteiger partial charge in [0.05, 0.1) is 0 Å². The Morgan fingerprint density at radius 2 is 2.08 bits per heavy atom. The Kier molecular flexibility index (Phi) is 1.62. The van der Waals surface area contributed by atoms with Gasteiger partial charge in [-0.3, -0.25) is 4.99 Å². The minimum Gasteiger partial charge on any atom is -0.255 e. The Balaban J connectivity index is 2.51. The van der Waals surface area contributed by atoms with Crippen molar-refractivity contribution in [3.8, 4) is 0 Å². The zero-order chi connectivity index (χ0) is 9.47. The smallest absolute Gasteiger partial charge is 0.191 e. The first kappa shape index (κ1) is 8.24. The first-order valence-electron chi connectivity index (χ1n) is 3.48. The summed E-state index contributed by atoms with van der Waals surface area (Å²) in [5, 5.41) is 0.00926. The molecule has 7 heteroatoms. The third-order valence-corrected chi connectivity index (χ3v) is 2.73. The fourth-order valence-corrected chi connectivity index (χ4v) is 1.90. The van der Waals surface area contributed by atoms with Crippen molar-refractivity contribution in [2.75, 3.05) is 6.26 Å². The highest BCUT2D eigenvalue weighted by molar-refractivity contribution is 8.06. The largest absolute Gasteiger partial charge is 0.255 e. The molecule has 0 fully saturated rings. The van der Waals surface area contributed by atoms with Crippen molar-refractivity contribution in [3.63, 3.8) is 0 Å². The topological polar surface area (TPSA) is 83.6 Å². The van der Waals surface area contributed by atoms with Crippen LogP contribution in [0.5, 0.6) is 0 Å². The summed E-state index contributed by atoms with van der Waals surface area (Å²) in [6, 6.07) is -0.625. The number of amidine groups is 1. The van der Waals surface area contributed by atoms with E-state index in [4.69, 9.17) is 0 Å². The quantitative estimate of drug-likeness (QED) is 0.514. The number of hydrogen-bond acceptors (Lipinski definition) is 6. The van der Waals surface area contributed by atoms with Crippen LogP contribution in [0.25, 0.3) is 0 Å². The predicted octanol–water partition coefficient (Wildman–Crippen LogP) is -0.720. The molecule has 1 atom stereocenters. The minimum atomic E-state index is -3.32. The SMILES string of the molecule is CS(=O)(=O)C1=NC=NC2=NC=NC21. The number of sulfone groups is 1. The van der Waals surface area contributed by atoms with Crippen LogP contribution in [-0.4, -0.2) is 44.3 Å². The zero-order valence-electron chi connectivity index (χ0n) is 6.75. The lowest BCUT2D eigenvalue weighted by molar-refractivity contribution is 0.611. The van der Waals surface area contributed by atoms with Crippen molar-refractivity contribution in [1.29, 1.82) is 0 Å². The van der Waals surface area contributed by atoms with Gasteiger partial charge >= 0.3 is 0 Å². The molecule has 0 amide bonds. The number of aliphatic imine (C=N–C) groups is 4. The zero-order valence-corrected chi connectivity index (χ0v) is 7.56. The van der Waals surface area contributed by atoms with Gasteiger partial charge in [-0.05, 0) is 0 Å². The first-order chi connectivity index (χ1) is 6.09. The van der Waals surface area contributed by atoms with E-state index in [2.05, 4.69) is 20.0 Å². The molecule has 0 spiro atoms. The lowest BCUT2D eigenvalue weighted by Gasteiger charge is -2.11. The van der Waals surface area contributed by atoms with Crippen LogP contribution in [0.1, 0.15) is 0 Å². The molecule has 6 nitrogen and oxygen atoms in total. The van der Waals surface area contributed by atoms with Crippen LogP contribution < -0.4 is 0 Å². The lowest BCUT2D eigenvalue weighted by Crippen LogP contribution is -2.33. The molecule has 0 saturated heterocycles. The highest BCUT2D eigenvalue weighted by Crippen LogP contribution is 2.12. The third kappa shape index (κ3) is 1.31. The number of fused-ring (bicyclic) bond motifs is 1. The number of nitrogens with zero attached hydrogens (tertiary/aromatic N) is 4. The Hall–Kier alpha value is -1.37. The molecule has 2 heterocycles. The van der Waals surface area contributed by atoms with Gasteiger partial charge in [0, 0.05) is 6.26 Å². The Labute approximate surface area is 74.8 Å². The predicted molar refractivity (Wildman–Crippen MR) is 50.5 cm³/mol. The van der Waals surface area contributed by atoms with E-state index in [1.807, 2.05) is 0 Å². The maximum absolute atomic E-state index is 11.2. The molecule has 0 N–H and O–H groups in total. The molecule has 0 bridgehead atoms. The lowest BCUT2D eigenvalue weighted by atomic mass is 10.3. The van der Waals surface area contributed by atoms with Gasteiger partial charge in [-0.25, -0.2) is 23.4 Å². The van der Waals surface area contributed by atoms with Gasteiger partial charge in [-0.2, -0.15) is 0 Å². The fourth-order valence-electron chi connectivity index (χ4n) is 1.09. The molecule has 13 heavy (non-hydrogen) atoms. The van der Waals surface area contributed by atoms with Crippen LogP contribution in [-0.2, 0) is 9.84 Å². The number of rotatable bonds is 0. The average Bonchev–Trinajstić information content (AvgIpc) is 2.48. The molecule has 2 aliphatic rings. The van der Waals surface area contributed by atoms with Crippen molar-refractivity contribution in [2.24, 2.45) is 20.0 Å². The summed E-state index contributed by atoms with van der Waals surface area (Å²) in [5.41, 5.74) is 0. The molecule has 0 aromatic heterocycles. The molecule has 68 valence electrons. The highest BCUT2D eigenvalue weighted by atomic mass is 32.2. The van der Waals surface area contributed by atoms with Crippen LogP contribution >= 0.6 is 0 Å². The second-order valence-electron chi connectivity index (χ2n) is 2.64. The highest BCUT2D eigenvalue weighted by Gasteiger charge is 2.32. The molecule has 2 aliphatic heterocycles. The molecule has 0 saturated carbocycles. The van der Waals surface area contributed by atoms with Gasteiger partial charge in [0.1, 0.15) is 12.7 Å². The molecule has 0 aliphatic carbocycles. The Morgan fingerprint density at radius 3 is 2.77 bits per heavy atom. The van der Waals surface area contributed by atoms with E-state index in [1.54, 1.807) is 0 Å². The van der Waals surface area contributed by atoms with Crippen molar-refractivity contribution < 1.29 is 8.42 Å². The van der Waals surface area contributed by atoms with Crippen LogP contribution in [0.3, 0.4) is 0 Å². The standard InChI is InChI=1S/C6H6N4O2S/c1-13(11,12)6-4-5(8-2-7-4)9-3-10-6/h2-4H,1H3. The maximum atomic E-state index is 11.2.